The smallest absolute Gasteiger partial charge is 0.261 e. The Morgan fingerprint density at radius 1 is 1.25 bits per heavy atom. The van der Waals surface area contributed by atoms with Gasteiger partial charge in [0.15, 0.2) is 5.78 Å². The third kappa shape index (κ3) is 2.60. The second-order valence-electron chi connectivity index (χ2n) is 7.78. The van der Waals surface area contributed by atoms with Gasteiger partial charge in [-0.05, 0) is 62.8 Å². The number of aromatic nitrogens is 1. The molecule has 0 saturated heterocycles. The van der Waals surface area contributed by atoms with E-state index in [0.29, 0.717) is 35.9 Å². The molecule has 0 aliphatic heterocycles. The van der Waals surface area contributed by atoms with Crippen LogP contribution in [-0.2, 0) is 6.42 Å². The fourth-order valence-electron chi connectivity index (χ4n) is 5.04. The molecule has 3 aliphatic rings. The standard InChI is InChI=1S/C19H24N2O3/c1-10(13-8-11-5-6-12(13)7-11)20-18(23)15-9-14-16(21-19(15)24)3-2-4-17(14)22/h9-13H,2-8H2,1H3,(H,20,23)(H,21,24). The Balaban J connectivity index is 1.53. The predicted octanol–water partition coefficient (Wildman–Crippen LogP) is 2.45. The van der Waals surface area contributed by atoms with Gasteiger partial charge < -0.3 is 10.3 Å². The molecule has 2 saturated carbocycles. The highest BCUT2D eigenvalue weighted by molar-refractivity contribution is 6.01. The maximum absolute atomic E-state index is 12.6. The van der Waals surface area contributed by atoms with Crippen molar-refractivity contribution in [1.82, 2.24) is 10.3 Å². The number of hydrogen-bond donors (Lipinski definition) is 2. The molecule has 0 aromatic carbocycles. The molecule has 4 atom stereocenters. The lowest BCUT2D eigenvalue weighted by Gasteiger charge is -2.28. The van der Waals surface area contributed by atoms with Crippen molar-refractivity contribution in [3.8, 4) is 0 Å². The van der Waals surface area contributed by atoms with Gasteiger partial charge in [0.25, 0.3) is 11.5 Å². The van der Waals surface area contributed by atoms with E-state index in [1.807, 2.05) is 6.92 Å². The maximum Gasteiger partial charge on any atom is 0.261 e. The van der Waals surface area contributed by atoms with Crippen LogP contribution in [0.1, 0.15) is 71.9 Å². The van der Waals surface area contributed by atoms with Crippen LogP contribution in [0.25, 0.3) is 0 Å². The van der Waals surface area contributed by atoms with Crippen molar-refractivity contribution in [2.24, 2.45) is 17.8 Å². The average Bonchev–Trinajstić information content (AvgIpc) is 3.17. The van der Waals surface area contributed by atoms with E-state index in [0.717, 1.165) is 12.3 Å². The van der Waals surface area contributed by atoms with Crippen molar-refractivity contribution in [3.63, 3.8) is 0 Å². The van der Waals surface area contributed by atoms with Crippen LogP contribution < -0.4 is 10.9 Å². The number of fused-ring (bicyclic) bond motifs is 3. The van der Waals surface area contributed by atoms with Crippen LogP contribution >= 0.6 is 0 Å². The first-order chi connectivity index (χ1) is 11.5. The number of ketones is 1. The average molecular weight is 328 g/mol. The third-order valence-electron chi connectivity index (χ3n) is 6.29. The van der Waals surface area contributed by atoms with Crippen molar-refractivity contribution in [3.05, 3.63) is 33.2 Å². The van der Waals surface area contributed by atoms with Gasteiger partial charge >= 0.3 is 0 Å². The van der Waals surface area contributed by atoms with E-state index >= 15 is 0 Å². The number of amides is 1. The lowest BCUT2D eigenvalue weighted by atomic mass is 9.84. The van der Waals surface area contributed by atoms with Crippen molar-refractivity contribution in [2.75, 3.05) is 0 Å². The van der Waals surface area contributed by atoms with E-state index in [1.54, 1.807) is 0 Å². The molecular weight excluding hydrogens is 304 g/mol. The summed E-state index contributed by atoms with van der Waals surface area (Å²) < 4.78 is 0. The number of carbonyl (C=O) groups is 2. The fraction of sp³-hybridized carbons (Fsp3) is 0.632. The highest BCUT2D eigenvalue weighted by Gasteiger charge is 2.42. The maximum atomic E-state index is 12.6. The quantitative estimate of drug-likeness (QED) is 0.894. The van der Waals surface area contributed by atoms with Gasteiger partial charge in [-0.3, -0.25) is 14.4 Å². The molecule has 24 heavy (non-hydrogen) atoms. The minimum atomic E-state index is -0.388. The molecule has 4 unspecified atom stereocenters. The first-order valence-electron chi connectivity index (χ1n) is 9.13. The van der Waals surface area contributed by atoms with Crippen molar-refractivity contribution < 1.29 is 9.59 Å². The van der Waals surface area contributed by atoms with Gasteiger partial charge in [-0.1, -0.05) is 6.42 Å². The summed E-state index contributed by atoms with van der Waals surface area (Å²) in [5.74, 6) is 1.72. The van der Waals surface area contributed by atoms with Gasteiger partial charge in [0, 0.05) is 23.7 Å². The minimum Gasteiger partial charge on any atom is -0.349 e. The summed E-state index contributed by atoms with van der Waals surface area (Å²) in [6.45, 7) is 2.04. The molecule has 2 bridgehead atoms. The summed E-state index contributed by atoms with van der Waals surface area (Å²) >= 11 is 0. The first kappa shape index (κ1) is 15.6. The number of Topliss-reactive ketones (excluding diaryl/α,β-unsaturated/α-hetero) is 1. The number of nitrogens with one attached hydrogen (secondary N) is 2. The Morgan fingerprint density at radius 3 is 2.79 bits per heavy atom. The van der Waals surface area contributed by atoms with Crippen LogP contribution in [0.2, 0.25) is 0 Å². The van der Waals surface area contributed by atoms with Gasteiger partial charge in [-0.15, -0.1) is 0 Å². The zero-order valence-electron chi connectivity index (χ0n) is 14.1. The molecule has 1 aromatic heterocycles. The first-order valence-corrected chi connectivity index (χ1v) is 9.13. The Hall–Kier alpha value is -1.91. The van der Waals surface area contributed by atoms with E-state index in [4.69, 9.17) is 0 Å². The molecule has 2 fully saturated rings. The van der Waals surface area contributed by atoms with Gasteiger partial charge in [0.05, 0.1) is 0 Å². The number of hydrogen-bond acceptors (Lipinski definition) is 3. The SMILES string of the molecule is CC(NC(=O)c1cc2c([nH]c1=O)CCCC2=O)C1CC2CCC1C2. The Bertz CT molecular complexity index is 751. The lowest BCUT2D eigenvalue weighted by molar-refractivity contribution is 0.0913. The van der Waals surface area contributed by atoms with Crippen LogP contribution in [0.15, 0.2) is 10.9 Å². The Labute approximate surface area is 141 Å². The second kappa shape index (κ2) is 5.87. The molecule has 1 amide bonds. The summed E-state index contributed by atoms with van der Waals surface area (Å²) in [5.41, 5.74) is 0.868. The second-order valence-corrected chi connectivity index (χ2v) is 7.78. The molecule has 3 aliphatic carbocycles. The number of carbonyl (C=O) groups excluding carboxylic acids is 2. The zero-order chi connectivity index (χ0) is 16.8. The van der Waals surface area contributed by atoms with Crippen molar-refractivity contribution >= 4 is 11.7 Å². The lowest BCUT2D eigenvalue weighted by Crippen LogP contribution is -2.42. The van der Waals surface area contributed by atoms with Gasteiger partial charge in [-0.2, -0.15) is 0 Å². The molecule has 1 aromatic rings. The normalized spacial score (nSPS) is 29.4. The van der Waals surface area contributed by atoms with E-state index < -0.39 is 0 Å². The van der Waals surface area contributed by atoms with Crippen LogP contribution in [0.4, 0.5) is 0 Å². The largest absolute Gasteiger partial charge is 0.349 e. The zero-order valence-corrected chi connectivity index (χ0v) is 14.1. The van der Waals surface area contributed by atoms with E-state index in [2.05, 4.69) is 10.3 Å². The Morgan fingerprint density at radius 2 is 2.08 bits per heavy atom. The number of aromatic amines is 1. The summed E-state index contributed by atoms with van der Waals surface area (Å²) in [5, 5.41) is 3.02. The van der Waals surface area contributed by atoms with Crippen LogP contribution in [0.5, 0.6) is 0 Å². The van der Waals surface area contributed by atoms with E-state index in [1.165, 1.54) is 31.7 Å². The topological polar surface area (TPSA) is 79.0 Å². The van der Waals surface area contributed by atoms with Crippen molar-refractivity contribution in [2.45, 2.75) is 57.9 Å². The number of aryl methyl sites for hydroxylation is 1. The van der Waals surface area contributed by atoms with E-state index in [9.17, 15) is 14.4 Å². The summed E-state index contributed by atoms with van der Waals surface area (Å²) in [6, 6.07) is 1.57. The molecule has 5 nitrogen and oxygen atoms in total. The summed E-state index contributed by atoms with van der Waals surface area (Å²) in [6.07, 6.45) is 7.01. The molecule has 5 heteroatoms. The van der Waals surface area contributed by atoms with Gasteiger partial charge in [0.1, 0.15) is 5.56 Å². The van der Waals surface area contributed by atoms with E-state index in [-0.39, 0.29) is 28.9 Å². The molecule has 2 N–H and O–H groups in total. The van der Waals surface area contributed by atoms with Gasteiger partial charge in [0.2, 0.25) is 0 Å². The Kier molecular flexibility index (Phi) is 3.82. The van der Waals surface area contributed by atoms with Crippen molar-refractivity contribution in [1.29, 1.82) is 0 Å². The molecule has 128 valence electrons. The minimum absolute atomic E-state index is 0.0164. The highest BCUT2D eigenvalue weighted by atomic mass is 16.2. The summed E-state index contributed by atoms with van der Waals surface area (Å²) in [4.78, 5) is 39.6. The molecule has 0 radical (unpaired) electrons. The summed E-state index contributed by atoms with van der Waals surface area (Å²) in [7, 11) is 0. The molecular formula is C19H24N2O3. The van der Waals surface area contributed by atoms with Crippen LogP contribution in [0.3, 0.4) is 0 Å². The molecule has 0 spiro atoms. The number of pyridine rings is 1. The third-order valence-corrected chi connectivity index (χ3v) is 6.29. The fourth-order valence-corrected chi connectivity index (χ4v) is 5.04. The number of H-pyrrole nitrogens is 1. The van der Waals surface area contributed by atoms with Crippen LogP contribution in [-0.4, -0.2) is 22.7 Å². The number of rotatable bonds is 3. The molecule has 1 heterocycles. The highest BCUT2D eigenvalue weighted by Crippen LogP contribution is 2.49. The molecule has 4 rings (SSSR count). The predicted molar refractivity (Wildman–Crippen MR) is 90.2 cm³/mol. The van der Waals surface area contributed by atoms with Crippen LogP contribution in [0, 0.1) is 17.8 Å². The van der Waals surface area contributed by atoms with Gasteiger partial charge in [-0.25, -0.2) is 0 Å². The monoisotopic (exact) mass is 328 g/mol.